The summed E-state index contributed by atoms with van der Waals surface area (Å²) in [5, 5.41) is 12.9. The fraction of sp³-hybridized carbons (Fsp3) is 0.500. The zero-order valence-corrected chi connectivity index (χ0v) is 14.3. The number of carbonyl (C=O) groups is 1. The van der Waals surface area contributed by atoms with Crippen LogP contribution in [0.25, 0.3) is 0 Å². The van der Waals surface area contributed by atoms with Gasteiger partial charge in [0.25, 0.3) is 5.91 Å². The van der Waals surface area contributed by atoms with Crippen molar-refractivity contribution < 1.29 is 14.6 Å². The highest BCUT2D eigenvalue weighted by Crippen LogP contribution is 2.22. The molecule has 1 amide bonds. The lowest BCUT2D eigenvalue weighted by molar-refractivity contribution is 0.0528. The van der Waals surface area contributed by atoms with Crippen LogP contribution in [0, 0.1) is 0 Å². The van der Waals surface area contributed by atoms with Crippen molar-refractivity contribution in [1.82, 2.24) is 5.32 Å². The van der Waals surface area contributed by atoms with Crippen LogP contribution in [0.5, 0.6) is 5.75 Å². The molecular formula is C14H20BrNO3S. The Hall–Kier alpha value is -0.720. The highest BCUT2D eigenvalue weighted by atomic mass is 79.9. The normalized spacial score (nSPS) is 13.7. The predicted molar refractivity (Wildman–Crippen MR) is 86.7 cm³/mol. The Morgan fingerprint density at radius 3 is 2.85 bits per heavy atom. The van der Waals surface area contributed by atoms with E-state index >= 15 is 0 Å². The molecule has 0 radical (unpaired) electrons. The summed E-state index contributed by atoms with van der Waals surface area (Å²) >= 11 is 5.01. The highest BCUT2D eigenvalue weighted by molar-refractivity contribution is 9.10. The van der Waals surface area contributed by atoms with Crippen molar-refractivity contribution >= 4 is 33.6 Å². The van der Waals surface area contributed by atoms with E-state index in [1.165, 1.54) is 0 Å². The largest absolute Gasteiger partial charge is 0.497 e. The van der Waals surface area contributed by atoms with Crippen molar-refractivity contribution in [2.45, 2.75) is 18.9 Å². The number of nitrogens with one attached hydrogen (secondary N) is 1. The van der Waals surface area contributed by atoms with E-state index in [1.807, 2.05) is 6.26 Å². The van der Waals surface area contributed by atoms with Crippen LogP contribution in [0.4, 0.5) is 0 Å². The van der Waals surface area contributed by atoms with Crippen molar-refractivity contribution in [3.63, 3.8) is 0 Å². The molecule has 0 aliphatic heterocycles. The number of amides is 1. The fourth-order valence-electron chi connectivity index (χ4n) is 1.58. The second-order valence-corrected chi connectivity index (χ2v) is 6.61. The Bertz CT molecular complexity index is 466. The molecule has 0 aliphatic rings. The Balaban J connectivity index is 2.67. The van der Waals surface area contributed by atoms with Gasteiger partial charge in [0.15, 0.2) is 0 Å². The first kappa shape index (κ1) is 17.3. The second-order valence-electron chi connectivity index (χ2n) is 4.77. The molecule has 0 aromatic heterocycles. The summed E-state index contributed by atoms with van der Waals surface area (Å²) in [5.74, 6) is 1.24. The first-order valence-corrected chi connectivity index (χ1v) is 8.41. The van der Waals surface area contributed by atoms with Crippen LogP contribution in [0.15, 0.2) is 22.7 Å². The maximum Gasteiger partial charge on any atom is 0.252 e. The number of thioether (sulfide) groups is 1. The van der Waals surface area contributed by atoms with Crippen LogP contribution in [-0.4, -0.2) is 42.3 Å². The Labute approximate surface area is 132 Å². The molecule has 1 atom stereocenters. The van der Waals surface area contributed by atoms with Gasteiger partial charge < -0.3 is 15.2 Å². The lowest BCUT2D eigenvalue weighted by atomic mass is 10.0. The summed E-state index contributed by atoms with van der Waals surface area (Å²) in [5.41, 5.74) is -0.408. The number of benzene rings is 1. The fourth-order valence-corrected chi connectivity index (χ4v) is 2.65. The number of carbonyl (C=O) groups excluding carboxylic acids is 1. The monoisotopic (exact) mass is 361 g/mol. The summed E-state index contributed by atoms with van der Waals surface area (Å²) in [6, 6.07) is 5.20. The van der Waals surface area contributed by atoms with Crippen LogP contribution in [-0.2, 0) is 0 Å². The molecule has 2 N–H and O–H groups in total. The molecule has 0 spiro atoms. The molecule has 0 heterocycles. The molecule has 0 bridgehead atoms. The van der Waals surface area contributed by atoms with E-state index in [0.29, 0.717) is 22.2 Å². The summed E-state index contributed by atoms with van der Waals surface area (Å²) in [6.07, 6.45) is 2.62. The third-order valence-corrected chi connectivity index (χ3v) is 4.20. The molecule has 6 heteroatoms. The van der Waals surface area contributed by atoms with Gasteiger partial charge in [-0.05, 0) is 59.5 Å². The molecule has 0 aliphatic carbocycles. The van der Waals surface area contributed by atoms with E-state index in [-0.39, 0.29) is 12.5 Å². The van der Waals surface area contributed by atoms with Crippen LogP contribution >= 0.6 is 27.7 Å². The van der Waals surface area contributed by atoms with Gasteiger partial charge >= 0.3 is 0 Å². The minimum Gasteiger partial charge on any atom is -0.497 e. The predicted octanol–water partition coefficient (Wildman–Crippen LogP) is 2.69. The quantitative estimate of drug-likeness (QED) is 0.783. The molecule has 1 aromatic rings. The molecule has 0 saturated carbocycles. The molecule has 20 heavy (non-hydrogen) atoms. The zero-order chi connectivity index (χ0) is 15.2. The van der Waals surface area contributed by atoms with Gasteiger partial charge in [0.05, 0.1) is 18.3 Å². The van der Waals surface area contributed by atoms with Gasteiger partial charge in [-0.1, -0.05) is 0 Å². The van der Waals surface area contributed by atoms with Gasteiger partial charge in [0.2, 0.25) is 0 Å². The van der Waals surface area contributed by atoms with E-state index in [1.54, 1.807) is 44.0 Å². The lowest BCUT2D eigenvalue weighted by Crippen LogP contribution is -2.41. The van der Waals surface area contributed by atoms with Gasteiger partial charge in [-0.3, -0.25) is 4.79 Å². The number of rotatable bonds is 7. The average molecular weight is 362 g/mol. The highest BCUT2D eigenvalue weighted by Gasteiger charge is 2.21. The van der Waals surface area contributed by atoms with Crippen LogP contribution in [0.2, 0.25) is 0 Å². The molecule has 0 fully saturated rings. The van der Waals surface area contributed by atoms with Gasteiger partial charge in [-0.25, -0.2) is 0 Å². The van der Waals surface area contributed by atoms with Crippen molar-refractivity contribution in [3.05, 3.63) is 28.2 Å². The van der Waals surface area contributed by atoms with Gasteiger partial charge in [-0.2, -0.15) is 11.8 Å². The lowest BCUT2D eigenvalue weighted by Gasteiger charge is -2.23. The molecule has 4 nitrogen and oxygen atoms in total. The first-order valence-electron chi connectivity index (χ1n) is 6.22. The van der Waals surface area contributed by atoms with Crippen molar-refractivity contribution in [3.8, 4) is 5.75 Å². The standard InChI is InChI=1S/C14H20BrNO3S/c1-14(18,6-7-20-3)9-16-13(17)11-8-10(19-2)4-5-12(11)15/h4-5,8,18H,6-7,9H2,1-3H3,(H,16,17). The molecule has 0 saturated heterocycles. The van der Waals surface area contributed by atoms with E-state index in [9.17, 15) is 9.90 Å². The van der Waals surface area contributed by atoms with E-state index < -0.39 is 5.60 Å². The van der Waals surface area contributed by atoms with Crippen LogP contribution in [0.1, 0.15) is 23.7 Å². The molecular weight excluding hydrogens is 342 g/mol. The smallest absolute Gasteiger partial charge is 0.252 e. The molecule has 112 valence electrons. The van der Waals surface area contributed by atoms with E-state index in [4.69, 9.17) is 4.74 Å². The van der Waals surface area contributed by atoms with Crippen molar-refractivity contribution in [2.75, 3.05) is 25.7 Å². The van der Waals surface area contributed by atoms with Crippen LogP contribution < -0.4 is 10.1 Å². The first-order chi connectivity index (χ1) is 9.39. The number of hydrogen-bond donors (Lipinski definition) is 2. The minimum absolute atomic E-state index is 0.218. The maximum absolute atomic E-state index is 12.1. The summed E-state index contributed by atoms with van der Waals surface area (Å²) in [4.78, 5) is 12.1. The molecule has 1 unspecified atom stereocenters. The van der Waals surface area contributed by atoms with Crippen molar-refractivity contribution in [2.24, 2.45) is 0 Å². The van der Waals surface area contributed by atoms with Crippen molar-refractivity contribution in [1.29, 1.82) is 0 Å². The number of methoxy groups -OCH3 is 1. The maximum atomic E-state index is 12.1. The Morgan fingerprint density at radius 1 is 1.55 bits per heavy atom. The SMILES string of the molecule is COc1ccc(Br)c(C(=O)NCC(C)(O)CCSC)c1. The van der Waals surface area contributed by atoms with E-state index in [2.05, 4.69) is 21.2 Å². The summed E-state index contributed by atoms with van der Waals surface area (Å²) in [7, 11) is 1.55. The third-order valence-electron chi connectivity index (χ3n) is 2.89. The van der Waals surface area contributed by atoms with Gasteiger partial charge in [0, 0.05) is 11.0 Å². The molecule has 1 rings (SSSR count). The summed E-state index contributed by atoms with van der Waals surface area (Å²) < 4.78 is 5.80. The van der Waals surface area contributed by atoms with E-state index in [0.717, 1.165) is 5.75 Å². The Kier molecular flexibility index (Phi) is 6.85. The summed E-state index contributed by atoms with van der Waals surface area (Å²) in [6.45, 7) is 1.94. The third kappa shape index (κ3) is 5.34. The number of hydrogen-bond acceptors (Lipinski definition) is 4. The number of ether oxygens (including phenoxy) is 1. The minimum atomic E-state index is -0.899. The second kappa shape index (κ2) is 7.90. The zero-order valence-electron chi connectivity index (χ0n) is 11.9. The van der Waals surface area contributed by atoms with Gasteiger partial charge in [0.1, 0.15) is 5.75 Å². The van der Waals surface area contributed by atoms with Gasteiger partial charge in [-0.15, -0.1) is 0 Å². The van der Waals surface area contributed by atoms with Crippen LogP contribution in [0.3, 0.4) is 0 Å². The Morgan fingerprint density at radius 2 is 2.25 bits per heavy atom. The topological polar surface area (TPSA) is 58.6 Å². The number of halogens is 1. The number of aliphatic hydroxyl groups is 1. The average Bonchev–Trinajstić information content (AvgIpc) is 2.43. The molecule has 1 aromatic carbocycles.